The van der Waals surface area contributed by atoms with Crippen molar-refractivity contribution in [1.29, 1.82) is 0 Å². The predicted octanol–water partition coefficient (Wildman–Crippen LogP) is -0.0947. The van der Waals surface area contributed by atoms with Crippen LogP contribution in [0.3, 0.4) is 0 Å². The van der Waals surface area contributed by atoms with Crippen LogP contribution in [0, 0.1) is 0 Å². The molecule has 0 radical (unpaired) electrons. The molecule has 5 N–H and O–H groups in total. The molecular formula is C11H17N3O4S2. The Bertz CT molecular complexity index is 713. The van der Waals surface area contributed by atoms with E-state index in [2.05, 4.69) is 5.32 Å². The minimum absolute atomic E-state index is 0.0341. The van der Waals surface area contributed by atoms with E-state index in [9.17, 15) is 16.8 Å². The molecule has 112 valence electrons. The van der Waals surface area contributed by atoms with Gasteiger partial charge >= 0.3 is 0 Å². The monoisotopic (exact) mass is 319 g/mol. The summed E-state index contributed by atoms with van der Waals surface area (Å²) in [6.45, 7) is 0.288. The molecule has 0 spiro atoms. The van der Waals surface area contributed by atoms with Crippen LogP contribution in [-0.4, -0.2) is 34.4 Å². The molecule has 1 heterocycles. The Morgan fingerprint density at radius 2 is 2.05 bits per heavy atom. The fraction of sp³-hybridized carbons (Fsp3) is 0.455. The molecule has 2 rings (SSSR count). The fourth-order valence-corrected chi connectivity index (χ4v) is 4.65. The molecule has 1 atom stereocenters. The smallest absolute Gasteiger partial charge is 0.240 e. The molecule has 1 saturated heterocycles. The molecular weight excluding hydrogens is 302 g/mol. The summed E-state index contributed by atoms with van der Waals surface area (Å²) in [5.41, 5.74) is 6.23. The maximum atomic E-state index is 11.7. The summed E-state index contributed by atoms with van der Waals surface area (Å²) in [6, 6.07) is 4.25. The van der Waals surface area contributed by atoms with Gasteiger partial charge in [0.05, 0.1) is 16.7 Å². The van der Waals surface area contributed by atoms with Crippen molar-refractivity contribution in [3.63, 3.8) is 0 Å². The molecule has 1 unspecified atom stereocenters. The summed E-state index contributed by atoms with van der Waals surface area (Å²) in [7, 11) is -6.86. The molecule has 0 bridgehead atoms. The van der Waals surface area contributed by atoms with E-state index in [0.29, 0.717) is 18.5 Å². The molecule has 1 aliphatic heterocycles. The highest BCUT2D eigenvalue weighted by Gasteiger charge is 2.30. The summed E-state index contributed by atoms with van der Waals surface area (Å²) < 4.78 is 45.8. The standard InChI is InChI=1S/C11H17N3O4S2/c12-10-6-8(3-4-11(10)20(13,17)18)14-7-9-2-1-5-19(9,15)16/h3-4,6,9,14H,1-2,5,7,12H2,(H2,13,17,18). The third-order valence-electron chi connectivity index (χ3n) is 3.31. The van der Waals surface area contributed by atoms with Gasteiger partial charge in [-0.05, 0) is 31.0 Å². The molecule has 1 fully saturated rings. The third-order valence-corrected chi connectivity index (χ3v) is 6.57. The Morgan fingerprint density at radius 3 is 2.55 bits per heavy atom. The van der Waals surface area contributed by atoms with E-state index in [1.54, 1.807) is 0 Å². The zero-order valence-electron chi connectivity index (χ0n) is 10.7. The molecule has 0 aliphatic carbocycles. The van der Waals surface area contributed by atoms with Crippen LogP contribution in [0.15, 0.2) is 23.1 Å². The molecule has 0 aromatic heterocycles. The average molecular weight is 319 g/mol. The number of hydrogen-bond donors (Lipinski definition) is 3. The summed E-state index contributed by atoms with van der Waals surface area (Å²) in [4.78, 5) is -0.142. The van der Waals surface area contributed by atoms with Gasteiger partial charge in [0.2, 0.25) is 10.0 Å². The highest BCUT2D eigenvalue weighted by Crippen LogP contribution is 2.23. The van der Waals surface area contributed by atoms with Crippen molar-refractivity contribution in [2.75, 3.05) is 23.3 Å². The first-order valence-corrected chi connectivity index (χ1v) is 9.34. The minimum atomic E-state index is -3.85. The zero-order chi connectivity index (χ0) is 15.0. The fourth-order valence-electron chi connectivity index (χ4n) is 2.24. The molecule has 0 amide bonds. The summed E-state index contributed by atoms with van der Waals surface area (Å²) >= 11 is 0. The first-order chi connectivity index (χ1) is 9.20. The predicted molar refractivity (Wildman–Crippen MR) is 77.5 cm³/mol. The van der Waals surface area contributed by atoms with Crippen molar-refractivity contribution in [2.45, 2.75) is 23.0 Å². The number of sulfone groups is 1. The van der Waals surface area contributed by atoms with Crippen LogP contribution in [0.2, 0.25) is 0 Å². The van der Waals surface area contributed by atoms with Crippen LogP contribution in [-0.2, 0) is 19.9 Å². The number of hydrogen-bond acceptors (Lipinski definition) is 6. The largest absolute Gasteiger partial charge is 0.398 e. The molecule has 7 nitrogen and oxygen atoms in total. The van der Waals surface area contributed by atoms with Crippen molar-refractivity contribution in [3.05, 3.63) is 18.2 Å². The quantitative estimate of drug-likeness (QED) is 0.664. The van der Waals surface area contributed by atoms with Crippen LogP contribution in [0.1, 0.15) is 12.8 Å². The van der Waals surface area contributed by atoms with E-state index in [1.807, 2.05) is 0 Å². The van der Waals surface area contributed by atoms with Gasteiger partial charge in [0.1, 0.15) is 4.90 Å². The molecule has 9 heteroatoms. The van der Waals surface area contributed by atoms with Crippen LogP contribution >= 0.6 is 0 Å². The van der Waals surface area contributed by atoms with Gasteiger partial charge in [0, 0.05) is 12.2 Å². The van der Waals surface area contributed by atoms with Crippen LogP contribution < -0.4 is 16.2 Å². The average Bonchev–Trinajstić information content (AvgIpc) is 2.64. The maximum Gasteiger partial charge on any atom is 0.240 e. The molecule has 1 aliphatic rings. The van der Waals surface area contributed by atoms with E-state index < -0.39 is 25.1 Å². The van der Waals surface area contributed by atoms with Gasteiger partial charge < -0.3 is 11.1 Å². The highest BCUT2D eigenvalue weighted by molar-refractivity contribution is 7.92. The number of anilines is 2. The summed E-state index contributed by atoms with van der Waals surface area (Å²) in [5, 5.41) is 7.57. The third kappa shape index (κ3) is 3.22. The van der Waals surface area contributed by atoms with Crippen molar-refractivity contribution in [1.82, 2.24) is 0 Å². The first-order valence-electron chi connectivity index (χ1n) is 6.08. The van der Waals surface area contributed by atoms with Gasteiger partial charge in [-0.2, -0.15) is 0 Å². The van der Waals surface area contributed by atoms with Gasteiger partial charge in [-0.1, -0.05) is 0 Å². The van der Waals surface area contributed by atoms with Crippen LogP contribution in [0.25, 0.3) is 0 Å². The van der Waals surface area contributed by atoms with E-state index in [1.165, 1.54) is 18.2 Å². The van der Waals surface area contributed by atoms with E-state index in [4.69, 9.17) is 10.9 Å². The number of primary sulfonamides is 1. The van der Waals surface area contributed by atoms with Crippen LogP contribution in [0.5, 0.6) is 0 Å². The van der Waals surface area contributed by atoms with Gasteiger partial charge in [-0.3, -0.25) is 0 Å². The summed E-state index contributed by atoms with van der Waals surface area (Å²) in [6.07, 6.45) is 1.32. The summed E-state index contributed by atoms with van der Waals surface area (Å²) in [5.74, 6) is 0.228. The van der Waals surface area contributed by atoms with Gasteiger partial charge in [0.25, 0.3) is 0 Å². The van der Waals surface area contributed by atoms with Gasteiger partial charge in [-0.25, -0.2) is 22.0 Å². The lowest BCUT2D eigenvalue weighted by Gasteiger charge is -2.13. The van der Waals surface area contributed by atoms with E-state index >= 15 is 0 Å². The number of benzene rings is 1. The lowest BCUT2D eigenvalue weighted by molar-refractivity contribution is 0.591. The Morgan fingerprint density at radius 1 is 1.35 bits per heavy atom. The van der Waals surface area contributed by atoms with E-state index in [-0.39, 0.29) is 22.9 Å². The Labute approximate surface area is 118 Å². The number of nitrogens with one attached hydrogen (secondary N) is 1. The van der Waals surface area contributed by atoms with Gasteiger partial charge in [0.15, 0.2) is 9.84 Å². The van der Waals surface area contributed by atoms with Gasteiger partial charge in [-0.15, -0.1) is 0 Å². The SMILES string of the molecule is Nc1cc(NCC2CCCS2(=O)=O)ccc1S(N)(=O)=O. The molecule has 0 saturated carbocycles. The van der Waals surface area contributed by atoms with Crippen LogP contribution in [0.4, 0.5) is 11.4 Å². The molecule has 20 heavy (non-hydrogen) atoms. The van der Waals surface area contributed by atoms with Crippen molar-refractivity contribution in [3.8, 4) is 0 Å². The second kappa shape index (κ2) is 5.23. The van der Waals surface area contributed by atoms with Crippen molar-refractivity contribution < 1.29 is 16.8 Å². The Hall–Kier alpha value is -1.32. The van der Waals surface area contributed by atoms with Crippen molar-refractivity contribution in [2.24, 2.45) is 5.14 Å². The Kier molecular flexibility index (Phi) is 3.94. The zero-order valence-corrected chi connectivity index (χ0v) is 12.4. The Balaban J connectivity index is 2.10. The number of rotatable bonds is 4. The lowest BCUT2D eigenvalue weighted by Crippen LogP contribution is -2.25. The molecule has 1 aromatic carbocycles. The number of sulfonamides is 1. The van der Waals surface area contributed by atoms with E-state index in [0.717, 1.165) is 0 Å². The first kappa shape index (κ1) is 15.1. The normalized spacial score (nSPS) is 21.8. The minimum Gasteiger partial charge on any atom is -0.398 e. The second-order valence-electron chi connectivity index (χ2n) is 4.81. The lowest BCUT2D eigenvalue weighted by atomic mass is 10.2. The number of nitrogen functional groups attached to an aromatic ring is 1. The topological polar surface area (TPSA) is 132 Å². The number of nitrogens with two attached hydrogens (primary N) is 2. The maximum absolute atomic E-state index is 11.7. The van der Waals surface area contributed by atoms with Crippen molar-refractivity contribution >= 4 is 31.2 Å². The second-order valence-corrected chi connectivity index (χ2v) is 8.74. The molecule has 1 aromatic rings. The highest BCUT2D eigenvalue weighted by atomic mass is 32.2.